The molecule has 0 aliphatic heterocycles. The molecule has 0 bridgehead atoms. The van der Waals surface area contributed by atoms with Crippen molar-refractivity contribution in [3.63, 3.8) is 0 Å². The van der Waals surface area contributed by atoms with Crippen LogP contribution in [0.1, 0.15) is 86.0 Å². The van der Waals surface area contributed by atoms with Crippen LogP contribution in [0.3, 0.4) is 0 Å². The Kier molecular flexibility index (Phi) is 7.18. The summed E-state index contributed by atoms with van der Waals surface area (Å²) >= 11 is 0. The van der Waals surface area contributed by atoms with Crippen molar-refractivity contribution in [2.45, 2.75) is 108 Å². The van der Waals surface area contributed by atoms with Gasteiger partial charge in [-0.2, -0.15) is 0 Å². The normalized spacial score (nSPS) is 24.5. The van der Waals surface area contributed by atoms with Crippen molar-refractivity contribution >= 4 is 9.84 Å². The van der Waals surface area contributed by atoms with E-state index in [4.69, 9.17) is 4.74 Å². The lowest BCUT2D eigenvalue weighted by Gasteiger charge is -2.34. The third-order valence-electron chi connectivity index (χ3n) is 4.29. The van der Waals surface area contributed by atoms with Crippen molar-refractivity contribution < 1.29 is 13.2 Å². The Bertz CT molecular complexity index is 381. The molecule has 126 valence electrons. The van der Waals surface area contributed by atoms with E-state index < -0.39 is 9.84 Å². The predicted molar refractivity (Wildman–Crippen MR) is 89.4 cm³/mol. The van der Waals surface area contributed by atoms with Gasteiger partial charge in [-0.15, -0.1) is 0 Å². The van der Waals surface area contributed by atoms with Crippen LogP contribution in [0, 0.1) is 0 Å². The summed E-state index contributed by atoms with van der Waals surface area (Å²) in [6.45, 7) is 10.3. The van der Waals surface area contributed by atoms with Gasteiger partial charge in [-0.05, 0) is 59.3 Å². The maximum Gasteiger partial charge on any atom is 0.156 e. The highest BCUT2D eigenvalue weighted by Gasteiger charge is 2.36. The Morgan fingerprint density at radius 3 is 1.86 bits per heavy atom. The van der Waals surface area contributed by atoms with Gasteiger partial charge in [-0.1, -0.05) is 26.7 Å². The van der Waals surface area contributed by atoms with Crippen molar-refractivity contribution in [3.8, 4) is 0 Å². The zero-order valence-corrected chi connectivity index (χ0v) is 15.3. The highest BCUT2D eigenvalue weighted by Crippen LogP contribution is 2.32. The van der Waals surface area contributed by atoms with E-state index in [2.05, 4.69) is 34.6 Å². The lowest BCUT2D eigenvalue weighted by molar-refractivity contribution is -0.0729. The molecule has 21 heavy (non-hydrogen) atoms. The number of hydrogen-bond acceptors (Lipinski definition) is 3. The summed E-state index contributed by atoms with van der Waals surface area (Å²) in [5.41, 5.74) is -0.136. The zero-order valence-electron chi connectivity index (χ0n) is 14.5. The highest BCUT2D eigenvalue weighted by atomic mass is 32.2. The third kappa shape index (κ3) is 5.90. The van der Waals surface area contributed by atoms with Gasteiger partial charge in [0.05, 0.1) is 22.2 Å². The third-order valence-corrected chi connectivity index (χ3v) is 7.09. The summed E-state index contributed by atoms with van der Waals surface area (Å²) in [4.78, 5) is 0. The Morgan fingerprint density at radius 1 is 1.00 bits per heavy atom. The van der Waals surface area contributed by atoms with Crippen LogP contribution < -0.4 is 0 Å². The molecule has 1 aliphatic rings. The fourth-order valence-corrected chi connectivity index (χ4v) is 5.97. The first-order valence-corrected chi connectivity index (χ1v) is 10.2. The van der Waals surface area contributed by atoms with Gasteiger partial charge in [-0.3, -0.25) is 0 Å². The van der Waals surface area contributed by atoms with Crippen LogP contribution in [0.5, 0.6) is 0 Å². The summed E-state index contributed by atoms with van der Waals surface area (Å²) in [6.07, 6.45) is 7.06. The van der Waals surface area contributed by atoms with Crippen LogP contribution >= 0.6 is 0 Å². The monoisotopic (exact) mass is 318 g/mol. The minimum Gasteiger partial charge on any atom is -0.373 e. The average Bonchev–Trinajstić information content (AvgIpc) is 2.37. The first kappa shape index (κ1) is 19.0. The Labute approximate surface area is 131 Å². The molecular weight excluding hydrogens is 284 g/mol. The Balaban J connectivity index is 2.62. The molecule has 0 atom stereocenters. The molecule has 0 amide bonds. The molecule has 1 saturated carbocycles. The molecular formula is C17H34O3S. The van der Waals surface area contributed by atoms with Gasteiger partial charge in [0.15, 0.2) is 9.84 Å². The molecule has 0 spiro atoms. The van der Waals surface area contributed by atoms with Crippen LogP contribution in [0.2, 0.25) is 0 Å². The molecule has 0 aromatic heterocycles. The largest absolute Gasteiger partial charge is 0.373 e. The second-order valence-electron chi connectivity index (χ2n) is 7.42. The lowest BCUT2D eigenvalue weighted by atomic mass is 9.96. The number of hydrogen-bond donors (Lipinski definition) is 0. The van der Waals surface area contributed by atoms with Crippen molar-refractivity contribution in [1.82, 2.24) is 0 Å². The minimum absolute atomic E-state index is 0.127. The van der Waals surface area contributed by atoms with Gasteiger partial charge in [0, 0.05) is 0 Å². The van der Waals surface area contributed by atoms with Crippen LogP contribution in [-0.2, 0) is 14.6 Å². The standard InChI is InChI=1S/C17H34O3S/c1-6-8-15(9-7-2)21(18,19)16-12-10-14(11-13-16)20-17(3,4)5/h14-16H,6-13H2,1-5H3. The van der Waals surface area contributed by atoms with Crippen molar-refractivity contribution in [2.75, 3.05) is 0 Å². The van der Waals surface area contributed by atoms with Crippen molar-refractivity contribution in [2.24, 2.45) is 0 Å². The van der Waals surface area contributed by atoms with Gasteiger partial charge >= 0.3 is 0 Å². The smallest absolute Gasteiger partial charge is 0.156 e. The van der Waals surface area contributed by atoms with E-state index in [0.29, 0.717) is 0 Å². The Morgan fingerprint density at radius 2 is 1.48 bits per heavy atom. The maximum absolute atomic E-state index is 12.8. The van der Waals surface area contributed by atoms with E-state index >= 15 is 0 Å². The molecule has 0 heterocycles. The fraction of sp³-hybridized carbons (Fsp3) is 1.00. The van der Waals surface area contributed by atoms with Gasteiger partial charge in [0.25, 0.3) is 0 Å². The van der Waals surface area contributed by atoms with Crippen LogP contribution in [-0.4, -0.2) is 30.6 Å². The van der Waals surface area contributed by atoms with Gasteiger partial charge < -0.3 is 4.74 Å². The topological polar surface area (TPSA) is 43.4 Å². The molecule has 1 aliphatic carbocycles. The van der Waals surface area contributed by atoms with Crippen LogP contribution in [0.25, 0.3) is 0 Å². The summed E-state index contributed by atoms with van der Waals surface area (Å²) in [6, 6.07) is 0. The summed E-state index contributed by atoms with van der Waals surface area (Å²) in [7, 11) is -2.97. The number of rotatable bonds is 7. The quantitative estimate of drug-likeness (QED) is 0.694. The summed E-state index contributed by atoms with van der Waals surface area (Å²) in [5.74, 6) is 0. The van der Waals surface area contributed by atoms with E-state index in [0.717, 1.165) is 51.4 Å². The van der Waals surface area contributed by atoms with Crippen molar-refractivity contribution in [3.05, 3.63) is 0 Å². The maximum atomic E-state index is 12.8. The van der Waals surface area contributed by atoms with E-state index in [1.165, 1.54) is 0 Å². The molecule has 0 saturated heterocycles. The molecule has 0 aromatic carbocycles. The second kappa shape index (κ2) is 7.96. The first-order chi connectivity index (χ1) is 9.70. The lowest BCUT2D eigenvalue weighted by Crippen LogP contribution is -2.38. The van der Waals surface area contributed by atoms with Gasteiger partial charge in [0.2, 0.25) is 0 Å². The Hall–Kier alpha value is -0.0900. The minimum atomic E-state index is -2.97. The van der Waals surface area contributed by atoms with E-state index in [1.807, 2.05) is 0 Å². The van der Waals surface area contributed by atoms with Gasteiger partial charge in [-0.25, -0.2) is 8.42 Å². The molecule has 4 heteroatoms. The van der Waals surface area contributed by atoms with E-state index in [9.17, 15) is 8.42 Å². The van der Waals surface area contributed by atoms with Gasteiger partial charge in [0.1, 0.15) is 0 Å². The zero-order chi connectivity index (χ0) is 16.1. The number of ether oxygens (including phenoxy) is 1. The SMILES string of the molecule is CCCC(CCC)S(=O)(=O)C1CCC(OC(C)(C)C)CC1. The summed E-state index contributed by atoms with van der Waals surface area (Å²) < 4.78 is 31.6. The molecule has 1 rings (SSSR count). The molecule has 0 aromatic rings. The van der Waals surface area contributed by atoms with E-state index in [1.54, 1.807) is 0 Å². The molecule has 1 fully saturated rings. The molecule has 0 radical (unpaired) electrons. The van der Waals surface area contributed by atoms with Crippen LogP contribution in [0.15, 0.2) is 0 Å². The molecule has 0 N–H and O–H groups in total. The molecule has 3 nitrogen and oxygen atoms in total. The summed E-state index contributed by atoms with van der Waals surface area (Å²) in [5, 5.41) is -0.266. The van der Waals surface area contributed by atoms with E-state index in [-0.39, 0.29) is 22.2 Å². The predicted octanol–water partition coefficient (Wildman–Crippen LogP) is 4.50. The second-order valence-corrected chi connectivity index (χ2v) is 9.93. The van der Waals surface area contributed by atoms with Crippen LogP contribution in [0.4, 0.5) is 0 Å². The first-order valence-electron chi connectivity index (χ1n) is 8.61. The van der Waals surface area contributed by atoms with Crippen molar-refractivity contribution in [1.29, 1.82) is 0 Å². The molecule has 0 unspecified atom stereocenters. The average molecular weight is 319 g/mol. The number of sulfone groups is 1. The highest BCUT2D eigenvalue weighted by molar-refractivity contribution is 7.92. The fourth-order valence-electron chi connectivity index (χ4n) is 3.37.